The number of anilines is 1. The Kier molecular flexibility index (Phi) is 6.05. The van der Waals surface area contributed by atoms with Crippen molar-refractivity contribution in [1.29, 1.82) is 0 Å². The molecule has 9 heteroatoms. The van der Waals surface area contributed by atoms with E-state index in [-0.39, 0.29) is 25.0 Å². The number of benzene rings is 2. The minimum Gasteiger partial charge on any atom is -0.485 e. The van der Waals surface area contributed by atoms with Gasteiger partial charge in [0.05, 0.1) is 11.7 Å². The lowest BCUT2D eigenvalue weighted by Crippen LogP contribution is -2.32. The molecule has 0 fully saturated rings. The summed E-state index contributed by atoms with van der Waals surface area (Å²) in [5, 5.41) is 14.4. The highest BCUT2D eigenvalue weighted by atomic mass is 19.2. The molecule has 0 aromatic heterocycles. The summed E-state index contributed by atoms with van der Waals surface area (Å²) in [6, 6.07) is 4.91. The number of hydrogen-bond acceptors (Lipinski definition) is 4. The van der Waals surface area contributed by atoms with Crippen LogP contribution in [0.25, 0.3) is 0 Å². The predicted molar refractivity (Wildman–Crippen MR) is 98.2 cm³/mol. The van der Waals surface area contributed by atoms with Gasteiger partial charge in [-0.05, 0) is 43.2 Å². The molecule has 5 nitrogen and oxygen atoms in total. The molecule has 0 aliphatic carbocycles. The van der Waals surface area contributed by atoms with Crippen molar-refractivity contribution in [3.63, 3.8) is 0 Å². The van der Waals surface area contributed by atoms with Gasteiger partial charge in [0.15, 0.2) is 29.0 Å². The zero-order valence-electron chi connectivity index (χ0n) is 15.5. The molecule has 0 spiro atoms. The van der Waals surface area contributed by atoms with Gasteiger partial charge in [-0.3, -0.25) is 9.80 Å². The molecule has 1 N–H and O–H groups in total. The number of rotatable bonds is 7. The Bertz CT molecular complexity index is 942. The first-order valence-electron chi connectivity index (χ1n) is 8.85. The van der Waals surface area contributed by atoms with Crippen molar-refractivity contribution in [2.75, 3.05) is 11.6 Å². The van der Waals surface area contributed by atoms with E-state index >= 15 is 0 Å². The van der Waals surface area contributed by atoms with Crippen LogP contribution in [-0.2, 0) is 11.2 Å². The Morgan fingerprint density at radius 1 is 1.14 bits per heavy atom. The van der Waals surface area contributed by atoms with Crippen LogP contribution in [0.15, 0.2) is 35.4 Å². The second-order valence-electron chi connectivity index (χ2n) is 6.73. The summed E-state index contributed by atoms with van der Waals surface area (Å²) in [6.07, 6.45) is 0.156. The molecule has 1 heterocycles. The van der Waals surface area contributed by atoms with Crippen molar-refractivity contribution in [3.05, 3.63) is 59.2 Å². The largest absolute Gasteiger partial charge is 0.485 e. The minimum atomic E-state index is -1.07. The van der Waals surface area contributed by atoms with Gasteiger partial charge in [0, 0.05) is 24.6 Å². The Hall–Kier alpha value is -3.10. The van der Waals surface area contributed by atoms with Crippen LogP contribution in [0, 0.1) is 23.3 Å². The molecule has 1 aliphatic heterocycles. The van der Waals surface area contributed by atoms with Crippen LogP contribution < -0.4 is 9.75 Å². The lowest BCUT2D eigenvalue weighted by Gasteiger charge is -2.24. The van der Waals surface area contributed by atoms with E-state index in [0.29, 0.717) is 17.8 Å². The lowest BCUT2D eigenvalue weighted by molar-refractivity contribution is -0.136. The average molecular weight is 410 g/mol. The predicted octanol–water partition coefficient (Wildman–Crippen LogP) is 4.29. The van der Waals surface area contributed by atoms with Crippen LogP contribution in [0.4, 0.5) is 23.2 Å². The topological polar surface area (TPSA) is 62.1 Å². The number of carboxylic acids is 1. The first-order valence-corrected chi connectivity index (χ1v) is 8.85. The van der Waals surface area contributed by atoms with Crippen molar-refractivity contribution in [2.45, 2.75) is 32.2 Å². The van der Waals surface area contributed by atoms with Gasteiger partial charge in [-0.2, -0.15) is 5.10 Å². The van der Waals surface area contributed by atoms with Crippen LogP contribution >= 0.6 is 0 Å². The summed E-state index contributed by atoms with van der Waals surface area (Å²) in [7, 11) is 0. The number of carbonyl (C=O) groups is 1. The van der Waals surface area contributed by atoms with Crippen molar-refractivity contribution in [3.8, 4) is 5.75 Å². The number of halogens is 4. The molecule has 1 unspecified atom stereocenters. The van der Waals surface area contributed by atoms with Crippen molar-refractivity contribution < 1.29 is 32.2 Å². The van der Waals surface area contributed by atoms with Gasteiger partial charge < -0.3 is 9.84 Å². The molecular weight excluding hydrogens is 392 g/mol. The van der Waals surface area contributed by atoms with E-state index in [1.54, 1.807) is 6.92 Å². The third kappa shape index (κ3) is 4.85. The molecule has 2 aromatic rings. The Morgan fingerprint density at radius 3 is 2.45 bits per heavy atom. The van der Waals surface area contributed by atoms with Gasteiger partial charge in [-0.25, -0.2) is 17.6 Å². The molecule has 0 saturated heterocycles. The van der Waals surface area contributed by atoms with Crippen LogP contribution in [0.5, 0.6) is 5.75 Å². The van der Waals surface area contributed by atoms with Crippen LogP contribution in [0.3, 0.4) is 0 Å². The maximum atomic E-state index is 14.3. The molecule has 0 bridgehead atoms. The number of nitrogens with zero attached hydrogens (tertiary/aromatic N) is 2. The second kappa shape index (κ2) is 8.50. The highest BCUT2D eigenvalue weighted by molar-refractivity contribution is 5.86. The molecule has 3 rings (SSSR count). The fraction of sp³-hybridized carbons (Fsp3) is 0.300. The van der Waals surface area contributed by atoms with Gasteiger partial charge in [0.25, 0.3) is 0 Å². The smallest absolute Gasteiger partial charge is 0.303 e. The molecule has 154 valence electrons. The zero-order chi connectivity index (χ0) is 21.1. The van der Waals surface area contributed by atoms with Crippen LogP contribution in [0.2, 0.25) is 0 Å². The summed E-state index contributed by atoms with van der Waals surface area (Å²) in [5.41, 5.74) is 1.20. The Morgan fingerprint density at radius 2 is 1.83 bits per heavy atom. The Balaban J connectivity index is 1.73. The first-order chi connectivity index (χ1) is 13.7. The van der Waals surface area contributed by atoms with E-state index < -0.39 is 41.0 Å². The fourth-order valence-electron chi connectivity index (χ4n) is 3.08. The normalized spacial score (nSPS) is 16.1. The van der Waals surface area contributed by atoms with E-state index in [0.717, 1.165) is 24.3 Å². The monoisotopic (exact) mass is 410 g/mol. The first kappa shape index (κ1) is 20.6. The molecule has 0 amide bonds. The van der Waals surface area contributed by atoms with Crippen molar-refractivity contribution >= 4 is 17.4 Å². The Labute approximate surface area is 164 Å². The molecule has 2 aromatic carbocycles. The van der Waals surface area contributed by atoms with Crippen LogP contribution in [0.1, 0.15) is 25.3 Å². The number of carboxylic acid groups (broad SMARTS) is 1. The zero-order valence-corrected chi connectivity index (χ0v) is 15.5. The summed E-state index contributed by atoms with van der Waals surface area (Å²) < 4.78 is 60.6. The van der Waals surface area contributed by atoms with Crippen LogP contribution in [-0.4, -0.2) is 29.4 Å². The highest BCUT2D eigenvalue weighted by Crippen LogP contribution is 2.29. The van der Waals surface area contributed by atoms with Crippen molar-refractivity contribution in [2.24, 2.45) is 5.10 Å². The summed E-state index contributed by atoms with van der Waals surface area (Å²) >= 11 is 0. The molecule has 1 aliphatic rings. The van der Waals surface area contributed by atoms with E-state index in [1.807, 2.05) is 0 Å². The van der Waals surface area contributed by atoms with Gasteiger partial charge in [-0.1, -0.05) is 0 Å². The van der Waals surface area contributed by atoms with Gasteiger partial charge >= 0.3 is 5.97 Å². The number of hydrazone groups is 1. The number of hydrogen-bond donors (Lipinski definition) is 1. The summed E-state index contributed by atoms with van der Waals surface area (Å²) in [5.74, 6) is -5.57. The summed E-state index contributed by atoms with van der Waals surface area (Å²) in [4.78, 5) is 10.6. The molecule has 1 atom stereocenters. The molecular formula is C20H18F4N2O3. The number of aryl methyl sites for hydroxylation is 1. The third-order valence-corrected chi connectivity index (χ3v) is 4.43. The van der Waals surface area contributed by atoms with E-state index in [9.17, 15) is 22.4 Å². The second-order valence-corrected chi connectivity index (χ2v) is 6.73. The van der Waals surface area contributed by atoms with Gasteiger partial charge in [-0.15, -0.1) is 0 Å². The summed E-state index contributed by atoms with van der Waals surface area (Å²) in [6.45, 7) is 1.59. The maximum Gasteiger partial charge on any atom is 0.303 e. The van der Waals surface area contributed by atoms with E-state index in [1.165, 1.54) is 11.1 Å². The van der Waals surface area contributed by atoms with Gasteiger partial charge in [0.1, 0.15) is 6.61 Å². The third-order valence-electron chi connectivity index (χ3n) is 4.43. The molecule has 0 radical (unpaired) electrons. The van der Waals surface area contributed by atoms with E-state index in [2.05, 4.69) is 5.10 Å². The minimum absolute atomic E-state index is 0.0109. The maximum absolute atomic E-state index is 14.3. The average Bonchev–Trinajstić information content (AvgIpc) is 3.02. The SMILES string of the molecule is CC1=NN(c2ccc(F)c(F)c2)C(COc2c(F)cc(CCC(=O)O)cc2F)C1. The van der Waals surface area contributed by atoms with Crippen molar-refractivity contribution in [1.82, 2.24) is 0 Å². The molecule has 29 heavy (non-hydrogen) atoms. The number of ether oxygens (including phenoxy) is 1. The lowest BCUT2D eigenvalue weighted by atomic mass is 10.1. The quantitative estimate of drug-likeness (QED) is 0.692. The fourth-order valence-corrected chi connectivity index (χ4v) is 3.08. The standard InChI is InChI=1S/C20H18F4N2O3/c1-11-6-14(26(25-11)13-3-4-15(21)16(22)9-13)10-29-20-17(23)7-12(8-18(20)24)2-5-19(27)28/h3-4,7-9,14H,2,5-6,10H2,1H3,(H,27,28). The molecule has 0 saturated carbocycles. The highest BCUT2D eigenvalue weighted by Gasteiger charge is 2.28. The van der Waals surface area contributed by atoms with Gasteiger partial charge in [0.2, 0.25) is 0 Å². The number of aliphatic carboxylic acids is 1. The van der Waals surface area contributed by atoms with E-state index in [4.69, 9.17) is 9.84 Å².